The van der Waals surface area contributed by atoms with Gasteiger partial charge in [0.05, 0.1) is 17.1 Å². The van der Waals surface area contributed by atoms with E-state index in [-0.39, 0.29) is 19.6 Å². The zero-order valence-electron chi connectivity index (χ0n) is 26.0. The number of aliphatic hydroxyl groups excluding tert-OH is 6. The van der Waals surface area contributed by atoms with Crippen molar-refractivity contribution in [1.29, 1.82) is 0 Å². The number of H-pyrrole nitrogens is 1. The molecule has 48 heavy (non-hydrogen) atoms. The summed E-state index contributed by atoms with van der Waals surface area (Å²) in [6.45, 7) is -0.311. The van der Waals surface area contributed by atoms with E-state index in [4.69, 9.17) is 40.9 Å². The fourth-order valence-electron chi connectivity index (χ4n) is 6.44. The molecule has 6 rings (SSSR count). The Labute approximate surface area is 275 Å². The van der Waals surface area contributed by atoms with Crippen molar-refractivity contribution in [3.63, 3.8) is 0 Å². The Hall–Kier alpha value is -2.85. The smallest absolute Gasteiger partial charge is 0.187 e. The fourth-order valence-corrected chi connectivity index (χ4v) is 6.44. The van der Waals surface area contributed by atoms with Crippen LogP contribution in [0.5, 0.6) is 5.75 Å². The molecule has 3 heterocycles. The van der Waals surface area contributed by atoms with Crippen molar-refractivity contribution < 1.29 is 60.1 Å². The highest BCUT2D eigenvalue weighted by Crippen LogP contribution is 2.31. The van der Waals surface area contributed by atoms with Crippen molar-refractivity contribution in [2.45, 2.75) is 98.2 Å². The molecule has 1 aliphatic carbocycles. The van der Waals surface area contributed by atoms with Gasteiger partial charge in [-0.3, -0.25) is 0 Å². The predicted molar refractivity (Wildman–Crippen MR) is 166 cm³/mol. The van der Waals surface area contributed by atoms with E-state index in [1.165, 1.54) is 0 Å². The minimum Gasteiger partial charge on any atom is -0.491 e. The van der Waals surface area contributed by atoms with Crippen LogP contribution in [-0.4, -0.2) is 146 Å². The molecule has 2 saturated heterocycles. The summed E-state index contributed by atoms with van der Waals surface area (Å²) in [4.78, 5) is 7.87. The number of quaternary nitrogens is 1. The molecule has 1 aromatic heterocycles. The van der Waals surface area contributed by atoms with E-state index in [1.54, 1.807) is 12.1 Å². The third-order valence-electron chi connectivity index (χ3n) is 9.31. The van der Waals surface area contributed by atoms with Gasteiger partial charge in [0.25, 0.3) is 0 Å². The SMILES string of the molecule is NCC1O[C@H](O[C@@H]2C([NH3+])C[C@@H](N)C(O[C@H]3OC(COc4ccc(-c5nc6ccccc6[nH]5)cc4)[C@@H](O)C(N)[C@H]3O)[C@H]2O)C(O)[C@@H](O)[C@@H]1O. The van der Waals surface area contributed by atoms with E-state index in [9.17, 15) is 30.6 Å². The van der Waals surface area contributed by atoms with E-state index in [0.29, 0.717) is 11.6 Å². The van der Waals surface area contributed by atoms with Gasteiger partial charge in [-0.05, 0) is 36.4 Å². The van der Waals surface area contributed by atoms with Gasteiger partial charge in [-0.2, -0.15) is 0 Å². The van der Waals surface area contributed by atoms with Gasteiger partial charge in [0, 0.05) is 24.6 Å². The Bertz CT molecular complexity index is 1470. The van der Waals surface area contributed by atoms with Crippen LogP contribution in [0.25, 0.3) is 22.4 Å². The molecule has 3 aromatic rings. The van der Waals surface area contributed by atoms with E-state index in [2.05, 4.69) is 15.7 Å². The fraction of sp³-hybridized carbons (Fsp3) is 0.581. The average Bonchev–Trinajstić information content (AvgIpc) is 3.52. The van der Waals surface area contributed by atoms with E-state index in [0.717, 1.165) is 16.6 Å². The van der Waals surface area contributed by atoms with Crippen LogP contribution < -0.4 is 27.7 Å². The molecule has 264 valence electrons. The summed E-state index contributed by atoms with van der Waals surface area (Å²) >= 11 is 0. The maximum Gasteiger partial charge on any atom is 0.187 e. The molecule has 17 heteroatoms. The molecule has 6 unspecified atom stereocenters. The highest BCUT2D eigenvalue weighted by molar-refractivity contribution is 5.79. The number of ether oxygens (including phenoxy) is 5. The van der Waals surface area contributed by atoms with Crippen molar-refractivity contribution >= 4 is 11.0 Å². The van der Waals surface area contributed by atoms with Crippen LogP contribution in [0.15, 0.2) is 48.5 Å². The number of aromatic nitrogens is 2. The van der Waals surface area contributed by atoms with Gasteiger partial charge in [0.1, 0.15) is 85.3 Å². The normalized spacial score (nSPS) is 40.6. The van der Waals surface area contributed by atoms with Gasteiger partial charge in [0.15, 0.2) is 12.6 Å². The zero-order chi connectivity index (χ0) is 34.3. The summed E-state index contributed by atoms with van der Waals surface area (Å²) in [5.41, 5.74) is 24.7. The molecular formula is C31H45N6O11+. The summed E-state index contributed by atoms with van der Waals surface area (Å²) in [7, 11) is 0. The van der Waals surface area contributed by atoms with Crippen LogP contribution in [0.4, 0.5) is 0 Å². The lowest BCUT2D eigenvalue weighted by atomic mass is 9.84. The van der Waals surface area contributed by atoms with Crippen LogP contribution in [0.1, 0.15) is 6.42 Å². The molecule has 2 aromatic carbocycles. The third-order valence-corrected chi connectivity index (χ3v) is 9.31. The molecule has 3 aliphatic rings. The topological polar surface area (TPSA) is 302 Å². The van der Waals surface area contributed by atoms with E-state index in [1.807, 2.05) is 36.4 Å². The number of nitrogens with one attached hydrogen (secondary N) is 1. The van der Waals surface area contributed by atoms with Crippen LogP contribution >= 0.6 is 0 Å². The maximum absolute atomic E-state index is 11.3. The van der Waals surface area contributed by atoms with Crippen LogP contribution in [0.3, 0.4) is 0 Å². The van der Waals surface area contributed by atoms with E-state index < -0.39 is 91.7 Å². The first-order chi connectivity index (χ1) is 23.0. The second-order valence-corrected chi connectivity index (χ2v) is 12.6. The van der Waals surface area contributed by atoms with Crippen molar-refractivity contribution in [2.75, 3.05) is 13.2 Å². The first-order valence-electron chi connectivity index (χ1n) is 15.9. The highest BCUT2D eigenvalue weighted by Gasteiger charge is 2.52. The first-order valence-corrected chi connectivity index (χ1v) is 15.9. The number of nitrogens with zero attached hydrogens (tertiary/aromatic N) is 1. The number of hydrogen-bond acceptors (Lipinski definition) is 15. The molecule has 15 atom stereocenters. The second-order valence-electron chi connectivity index (χ2n) is 12.6. The Kier molecular flexibility index (Phi) is 10.6. The molecule has 1 saturated carbocycles. The van der Waals surface area contributed by atoms with Crippen molar-refractivity contribution in [2.24, 2.45) is 17.2 Å². The first kappa shape index (κ1) is 35.0. The lowest BCUT2D eigenvalue weighted by molar-refractivity contribution is -0.467. The van der Waals surface area contributed by atoms with Crippen LogP contribution in [-0.2, 0) is 18.9 Å². The average molecular weight is 678 g/mol. The lowest BCUT2D eigenvalue weighted by Gasteiger charge is -2.47. The Morgan fingerprint density at radius 1 is 0.792 bits per heavy atom. The van der Waals surface area contributed by atoms with Crippen LogP contribution in [0.2, 0.25) is 0 Å². The standard InChI is InChI=1S/C31H44N6O11/c32-10-18-22(39)24(41)25(42)31(45-18)48-28-15(34)9-14(33)27(26(28)43)47-30-23(40)20(35)21(38)19(46-30)11-44-13-7-5-12(6-8-13)29-36-16-3-1-2-4-17(16)37-29/h1-8,14-15,18-28,30-31,38-43H,9-11,32-35H2,(H,36,37)/p+1/t14-,15?,18?,19?,20?,21-,22-,23-,24+,25?,26-,27?,28-,30-,31-/m1/s1. The van der Waals surface area contributed by atoms with Crippen molar-refractivity contribution in [3.8, 4) is 17.1 Å². The van der Waals surface area contributed by atoms with Gasteiger partial charge in [-0.25, -0.2) is 4.98 Å². The number of aromatic amines is 1. The number of para-hydroxylation sites is 2. The summed E-state index contributed by atoms with van der Waals surface area (Å²) in [6.07, 6.45) is -16.0. The number of nitrogens with two attached hydrogens (primary N) is 3. The number of imidazole rings is 1. The second kappa shape index (κ2) is 14.6. The monoisotopic (exact) mass is 677 g/mol. The van der Waals surface area contributed by atoms with Crippen molar-refractivity contribution in [1.82, 2.24) is 9.97 Å². The molecule has 0 spiro atoms. The third kappa shape index (κ3) is 6.93. The summed E-state index contributed by atoms with van der Waals surface area (Å²) in [6, 6.07) is 12.3. The summed E-state index contributed by atoms with van der Waals surface area (Å²) in [5.74, 6) is 1.18. The van der Waals surface area contributed by atoms with Gasteiger partial charge < -0.3 is 82.2 Å². The minimum atomic E-state index is -1.65. The predicted octanol–water partition coefficient (Wildman–Crippen LogP) is -4.38. The minimum absolute atomic E-state index is 0.148. The Balaban J connectivity index is 1.09. The highest BCUT2D eigenvalue weighted by atomic mass is 16.7. The Morgan fingerprint density at radius 2 is 1.46 bits per heavy atom. The molecule has 0 amide bonds. The molecule has 2 aliphatic heterocycles. The molecule has 16 N–H and O–H groups in total. The molecule has 17 nitrogen and oxygen atoms in total. The number of fused-ring (bicyclic) bond motifs is 1. The quantitative estimate of drug-likeness (QED) is 0.102. The lowest BCUT2D eigenvalue weighted by Crippen LogP contribution is -2.77. The number of rotatable bonds is 9. The van der Waals surface area contributed by atoms with Gasteiger partial charge >= 0.3 is 0 Å². The van der Waals surface area contributed by atoms with Gasteiger partial charge in [0.2, 0.25) is 0 Å². The van der Waals surface area contributed by atoms with E-state index >= 15 is 0 Å². The summed E-state index contributed by atoms with van der Waals surface area (Å²) in [5, 5.41) is 63.8. The molecule has 0 bridgehead atoms. The number of benzene rings is 2. The Morgan fingerprint density at radius 3 is 2.17 bits per heavy atom. The molecule has 3 fully saturated rings. The maximum atomic E-state index is 11.3. The van der Waals surface area contributed by atoms with Crippen molar-refractivity contribution in [3.05, 3.63) is 48.5 Å². The summed E-state index contributed by atoms with van der Waals surface area (Å²) < 4.78 is 29.2. The van der Waals surface area contributed by atoms with Gasteiger partial charge in [-0.1, -0.05) is 12.1 Å². The zero-order valence-corrected chi connectivity index (χ0v) is 26.0. The van der Waals surface area contributed by atoms with Gasteiger partial charge in [-0.15, -0.1) is 0 Å². The number of hydrogen-bond donors (Lipinski definition) is 11. The molecular weight excluding hydrogens is 632 g/mol. The number of aliphatic hydroxyl groups is 6. The van der Waals surface area contributed by atoms with Crippen LogP contribution in [0, 0.1) is 0 Å². The molecule has 0 radical (unpaired) electrons. The largest absolute Gasteiger partial charge is 0.491 e.